The van der Waals surface area contributed by atoms with Crippen molar-refractivity contribution in [3.05, 3.63) is 60.2 Å². The minimum absolute atomic E-state index is 0.740. The lowest BCUT2D eigenvalue weighted by atomic mass is 10.2. The Kier molecular flexibility index (Phi) is 4.12. The van der Waals surface area contributed by atoms with E-state index in [4.69, 9.17) is 5.73 Å². The van der Waals surface area contributed by atoms with E-state index in [2.05, 4.69) is 24.0 Å². The smallest absolute Gasteiger partial charge is 0.0598 e. The van der Waals surface area contributed by atoms with Crippen molar-refractivity contribution in [2.75, 3.05) is 11.5 Å². The van der Waals surface area contributed by atoms with Crippen molar-refractivity contribution in [1.82, 2.24) is 0 Å². The van der Waals surface area contributed by atoms with Crippen molar-refractivity contribution >= 4 is 17.4 Å². The fourth-order valence-corrected chi connectivity index (χ4v) is 2.04. The van der Waals surface area contributed by atoms with Crippen LogP contribution in [0.25, 0.3) is 0 Å². The monoisotopic (exact) mass is 239 g/mol. The van der Waals surface area contributed by atoms with E-state index in [0.29, 0.717) is 0 Å². The number of rotatable bonds is 2. The first kappa shape index (κ1) is 11.6. The van der Waals surface area contributed by atoms with Crippen LogP contribution in [0.3, 0.4) is 0 Å². The molecule has 2 aromatic carbocycles. The summed E-state index contributed by atoms with van der Waals surface area (Å²) in [4.78, 5) is 1.24. The molecule has 0 heterocycles. The summed E-state index contributed by atoms with van der Waals surface area (Å²) in [6, 6.07) is 17.9. The number of nitrogen functional groups attached to an aromatic ring is 1. The second-order valence-electron chi connectivity index (χ2n) is 3.49. The first-order chi connectivity index (χ1) is 8.36. The van der Waals surface area contributed by atoms with Crippen molar-refractivity contribution in [3.8, 4) is 11.8 Å². The Morgan fingerprint density at radius 2 is 1.65 bits per heavy atom. The molecule has 2 rings (SSSR count). The third-order valence-electron chi connectivity index (χ3n) is 2.24. The second kappa shape index (κ2) is 6.03. The highest BCUT2D eigenvalue weighted by Crippen LogP contribution is 2.16. The van der Waals surface area contributed by atoms with Crippen LogP contribution < -0.4 is 5.73 Å². The van der Waals surface area contributed by atoms with E-state index in [-0.39, 0.29) is 0 Å². The third-order valence-corrected chi connectivity index (χ3v) is 3.13. The molecule has 0 aliphatic carbocycles. The molecule has 0 aliphatic heterocycles. The average molecular weight is 239 g/mol. The summed E-state index contributed by atoms with van der Waals surface area (Å²) in [7, 11) is 0. The molecule has 0 aliphatic rings. The predicted octanol–water partition coefficient (Wildman–Crippen LogP) is 3.41. The molecule has 1 nitrogen and oxygen atoms in total. The van der Waals surface area contributed by atoms with Crippen LogP contribution in [0.2, 0.25) is 0 Å². The number of nitrogens with two attached hydrogens (primary N) is 1. The van der Waals surface area contributed by atoms with Gasteiger partial charge in [-0.3, -0.25) is 0 Å². The zero-order chi connectivity index (χ0) is 11.9. The Labute approximate surface area is 106 Å². The van der Waals surface area contributed by atoms with Gasteiger partial charge in [0.2, 0.25) is 0 Å². The van der Waals surface area contributed by atoms with E-state index in [9.17, 15) is 0 Å². The lowest BCUT2D eigenvalue weighted by Gasteiger charge is -1.96. The summed E-state index contributed by atoms with van der Waals surface area (Å²) in [5.41, 5.74) is 7.45. The number of para-hydroxylation sites is 1. The third kappa shape index (κ3) is 3.58. The number of benzene rings is 2. The number of hydrogen-bond acceptors (Lipinski definition) is 2. The molecule has 17 heavy (non-hydrogen) atoms. The maximum absolute atomic E-state index is 5.80. The second-order valence-corrected chi connectivity index (χ2v) is 4.54. The van der Waals surface area contributed by atoms with Crippen molar-refractivity contribution in [2.45, 2.75) is 4.90 Å². The van der Waals surface area contributed by atoms with Crippen molar-refractivity contribution < 1.29 is 0 Å². The minimum Gasteiger partial charge on any atom is -0.398 e. The Hall–Kier alpha value is -1.85. The average Bonchev–Trinajstić information content (AvgIpc) is 2.38. The van der Waals surface area contributed by atoms with Gasteiger partial charge in [0.25, 0.3) is 0 Å². The molecule has 0 atom stereocenters. The van der Waals surface area contributed by atoms with Gasteiger partial charge in [-0.25, -0.2) is 0 Å². The van der Waals surface area contributed by atoms with Gasteiger partial charge < -0.3 is 5.73 Å². The highest BCUT2D eigenvalue weighted by molar-refractivity contribution is 7.99. The molecule has 0 spiro atoms. The molecule has 0 radical (unpaired) electrons. The molecule has 0 saturated carbocycles. The van der Waals surface area contributed by atoms with Crippen LogP contribution in [-0.4, -0.2) is 5.75 Å². The molecule has 0 fully saturated rings. The maximum Gasteiger partial charge on any atom is 0.0598 e. The largest absolute Gasteiger partial charge is 0.398 e. The Morgan fingerprint density at radius 1 is 0.941 bits per heavy atom. The van der Waals surface area contributed by atoms with Gasteiger partial charge in [-0.1, -0.05) is 42.2 Å². The van der Waals surface area contributed by atoms with Gasteiger partial charge in [-0.05, 0) is 24.3 Å². The van der Waals surface area contributed by atoms with E-state index < -0.39 is 0 Å². The van der Waals surface area contributed by atoms with Crippen LogP contribution in [0.5, 0.6) is 0 Å². The molecular weight excluding hydrogens is 226 g/mol. The first-order valence-electron chi connectivity index (χ1n) is 5.37. The van der Waals surface area contributed by atoms with E-state index in [1.165, 1.54) is 4.90 Å². The summed E-state index contributed by atoms with van der Waals surface area (Å²) in [6.07, 6.45) is 0. The van der Waals surface area contributed by atoms with E-state index in [1.54, 1.807) is 11.8 Å². The zero-order valence-electron chi connectivity index (χ0n) is 9.39. The zero-order valence-corrected chi connectivity index (χ0v) is 10.2. The van der Waals surface area contributed by atoms with Crippen molar-refractivity contribution in [2.24, 2.45) is 0 Å². The van der Waals surface area contributed by atoms with E-state index in [0.717, 1.165) is 17.0 Å². The number of anilines is 1. The minimum atomic E-state index is 0.740. The fraction of sp³-hybridized carbons (Fsp3) is 0.0667. The Balaban J connectivity index is 1.94. The SMILES string of the molecule is Nc1ccccc1C#CCSc1ccccc1. The van der Waals surface area contributed by atoms with Gasteiger partial charge in [0.15, 0.2) is 0 Å². The molecular formula is C15H13NS. The topological polar surface area (TPSA) is 26.0 Å². The molecule has 2 aromatic rings. The van der Waals surface area contributed by atoms with Crippen LogP contribution in [-0.2, 0) is 0 Å². The standard InChI is InChI=1S/C15H13NS/c16-15-11-5-4-7-13(15)8-6-12-17-14-9-2-1-3-10-14/h1-5,7,9-11H,12,16H2. The van der Waals surface area contributed by atoms with Crippen LogP contribution in [0.4, 0.5) is 5.69 Å². The molecule has 0 aromatic heterocycles. The Bertz CT molecular complexity index is 538. The van der Waals surface area contributed by atoms with Gasteiger partial charge in [0.1, 0.15) is 0 Å². The first-order valence-corrected chi connectivity index (χ1v) is 6.36. The summed E-state index contributed by atoms with van der Waals surface area (Å²) in [6.45, 7) is 0. The van der Waals surface area contributed by atoms with Gasteiger partial charge >= 0.3 is 0 Å². The summed E-state index contributed by atoms with van der Waals surface area (Å²) >= 11 is 1.73. The summed E-state index contributed by atoms with van der Waals surface area (Å²) in [5.74, 6) is 6.99. The molecule has 2 heteroatoms. The lowest BCUT2D eigenvalue weighted by Crippen LogP contribution is -1.88. The molecule has 0 amide bonds. The molecule has 0 saturated heterocycles. The van der Waals surface area contributed by atoms with Gasteiger partial charge in [0.05, 0.1) is 5.75 Å². The van der Waals surface area contributed by atoms with Crippen molar-refractivity contribution in [1.29, 1.82) is 0 Å². The normalized spacial score (nSPS) is 9.41. The molecule has 2 N–H and O–H groups in total. The molecule has 84 valence electrons. The van der Waals surface area contributed by atoms with Crippen LogP contribution >= 0.6 is 11.8 Å². The highest BCUT2D eigenvalue weighted by atomic mass is 32.2. The molecule has 0 bridgehead atoms. The predicted molar refractivity (Wildman–Crippen MR) is 74.9 cm³/mol. The lowest BCUT2D eigenvalue weighted by molar-refractivity contribution is 1.46. The maximum atomic E-state index is 5.80. The van der Waals surface area contributed by atoms with E-state index in [1.807, 2.05) is 42.5 Å². The molecule has 0 unspecified atom stereocenters. The number of thioether (sulfide) groups is 1. The van der Waals surface area contributed by atoms with Crippen LogP contribution in [0, 0.1) is 11.8 Å². The van der Waals surface area contributed by atoms with Gasteiger partial charge in [-0.2, -0.15) is 0 Å². The summed E-state index contributed by atoms with van der Waals surface area (Å²) < 4.78 is 0. The number of hydrogen-bond donors (Lipinski definition) is 1. The van der Waals surface area contributed by atoms with Crippen molar-refractivity contribution in [3.63, 3.8) is 0 Å². The van der Waals surface area contributed by atoms with Gasteiger partial charge in [0, 0.05) is 16.1 Å². The Morgan fingerprint density at radius 3 is 2.41 bits per heavy atom. The quantitative estimate of drug-likeness (QED) is 0.494. The van der Waals surface area contributed by atoms with Crippen LogP contribution in [0.15, 0.2) is 59.5 Å². The van der Waals surface area contributed by atoms with Gasteiger partial charge in [-0.15, -0.1) is 11.8 Å². The highest BCUT2D eigenvalue weighted by Gasteiger charge is 1.91. The van der Waals surface area contributed by atoms with E-state index >= 15 is 0 Å². The fourth-order valence-electron chi connectivity index (χ4n) is 1.38. The van der Waals surface area contributed by atoms with Crippen LogP contribution in [0.1, 0.15) is 5.56 Å². The summed E-state index contributed by atoms with van der Waals surface area (Å²) in [5, 5.41) is 0.